The summed E-state index contributed by atoms with van der Waals surface area (Å²) in [5.41, 5.74) is 5.06. The third kappa shape index (κ3) is 3.32. The maximum Gasteiger partial charge on any atom is 0.258 e. The molecule has 0 saturated heterocycles. The van der Waals surface area contributed by atoms with E-state index in [1.165, 1.54) is 11.0 Å². The minimum absolute atomic E-state index is 0.116. The molecule has 0 bridgehead atoms. The fourth-order valence-electron chi connectivity index (χ4n) is 1.24. The highest BCUT2D eigenvalue weighted by Gasteiger charge is 2.10. The zero-order valence-electron chi connectivity index (χ0n) is 10.9. The van der Waals surface area contributed by atoms with Crippen molar-refractivity contribution >= 4 is 29.6 Å². The molecule has 2 aromatic rings. The molecule has 0 aliphatic heterocycles. The molecule has 1 amide bonds. The number of nitrogens with zero attached hydrogens (tertiary/aromatic N) is 6. The summed E-state index contributed by atoms with van der Waals surface area (Å²) < 4.78 is 1.40. The summed E-state index contributed by atoms with van der Waals surface area (Å²) in [5.74, 6) is 0.807. The molecule has 2 aromatic heterocycles. The second-order valence-corrected chi connectivity index (χ2v) is 4.45. The van der Waals surface area contributed by atoms with Crippen LogP contribution in [0.25, 0.3) is 5.95 Å². The van der Waals surface area contributed by atoms with Crippen LogP contribution >= 0.6 is 11.8 Å². The van der Waals surface area contributed by atoms with Gasteiger partial charge in [-0.15, -0.1) is 5.10 Å². The van der Waals surface area contributed by atoms with E-state index in [0.29, 0.717) is 23.0 Å². The Balaban J connectivity index is 2.24. The Bertz CT molecular complexity index is 591. The van der Waals surface area contributed by atoms with Gasteiger partial charge in [0.15, 0.2) is 0 Å². The first-order valence-electron chi connectivity index (χ1n) is 5.57. The van der Waals surface area contributed by atoms with Crippen molar-refractivity contribution < 1.29 is 4.79 Å². The van der Waals surface area contributed by atoms with E-state index in [1.807, 2.05) is 0 Å². The van der Waals surface area contributed by atoms with E-state index >= 15 is 0 Å². The topological polar surface area (TPSA) is 137 Å². The lowest BCUT2D eigenvalue weighted by molar-refractivity contribution is -0.115. The van der Waals surface area contributed by atoms with Crippen LogP contribution in [0.4, 0.5) is 11.9 Å². The van der Waals surface area contributed by atoms with Crippen LogP contribution in [0.5, 0.6) is 0 Å². The lowest BCUT2D eigenvalue weighted by Crippen LogP contribution is -2.13. The summed E-state index contributed by atoms with van der Waals surface area (Å²) in [5, 5.41) is 10.2. The lowest BCUT2D eigenvalue weighted by atomic mass is 10.8. The Morgan fingerprint density at radius 2 is 1.95 bits per heavy atom. The molecule has 0 spiro atoms. The van der Waals surface area contributed by atoms with Crippen molar-refractivity contribution in [3.8, 4) is 5.95 Å². The standard InChI is InChI=1S/C9H13N9OS/c1-11-6-14-7(12-2)16-8(15-6)18-4-13-9(17-18)20-3-5(10)19/h4H,3H2,1-2H3,(H2,10,19)(H2,11,12,14,15,16). The first-order valence-corrected chi connectivity index (χ1v) is 6.55. The third-order valence-corrected chi connectivity index (χ3v) is 2.96. The summed E-state index contributed by atoms with van der Waals surface area (Å²) in [6, 6.07) is 0. The van der Waals surface area contributed by atoms with Crippen LogP contribution in [0.3, 0.4) is 0 Å². The molecule has 0 fully saturated rings. The van der Waals surface area contributed by atoms with Gasteiger partial charge in [0.2, 0.25) is 23.0 Å². The fraction of sp³-hybridized carbons (Fsp3) is 0.333. The molecular formula is C9H13N9OS. The summed E-state index contributed by atoms with van der Waals surface area (Å²) in [6.07, 6.45) is 1.46. The number of amides is 1. The maximum absolute atomic E-state index is 10.7. The maximum atomic E-state index is 10.7. The molecule has 0 unspecified atom stereocenters. The van der Waals surface area contributed by atoms with Gasteiger partial charge in [0, 0.05) is 14.1 Å². The molecule has 0 atom stereocenters. The summed E-state index contributed by atoms with van der Waals surface area (Å²) in [4.78, 5) is 27.2. The Labute approximate surface area is 118 Å². The number of nitrogens with two attached hydrogens (primary N) is 1. The number of primary amides is 1. The molecule has 2 rings (SSSR count). The molecule has 0 radical (unpaired) electrons. The van der Waals surface area contributed by atoms with E-state index in [1.54, 1.807) is 14.1 Å². The van der Waals surface area contributed by atoms with E-state index in [4.69, 9.17) is 5.73 Å². The molecule has 4 N–H and O–H groups in total. The quantitative estimate of drug-likeness (QED) is 0.580. The van der Waals surface area contributed by atoms with E-state index in [-0.39, 0.29) is 5.75 Å². The van der Waals surface area contributed by atoms with E-state index in [2.05, 4.69) is 35.7 Å². The van der Waals surface area contributed by atoms with E-state index in [9.17, 15) is 4.79 Å². The summed E-state index contributed by atoms with van der Waals surface area (Å²) in [6.45, 7) is 0. The number of rotatable bonds is 6. The van der Waals surface area contributed by atoms with Gasteiger partial charge in [0.05, 0.1) is 5.75 Å². The van der Waals surface area contributed by atoms with Gasteiger partial charge in [-0.25, -0.2) is 4.98 Å². The van der Waals surface area contributed by atoms with Crippen molar-refractivity contribution in [1.29, 1.82) is 0 Å². The number of carbonyl (C=O) groups is 1. The molecule has 106 valence electrons. The summed E-state index contributed by atoms with van der Waals surface area (Å²) in [7, 11) is 3.40. The van der Waals surface area contributed by atoms with Gasteiger partial charge in [-0.2, -0.15) is 19.6 Å². The SMILES string of the molecule is CNc1nc(NC)nc(-n2cnc(SCC(N)=O)n2)n1. The van der Waals surface area contributed by atoms with Crippen molar-refractivity contribution in [2.24, 2.45) is 5.73 Å². The molecule has 0 aliphatic rings. The van der Waals surface area contributed by atoms with Crippen molar-refractivity contribution in [1.82, 2.24) is 29.7 Å². The zero-order valence-corrected chi connectivity index (χ0v) is 11.7. The Hall–Kier alpha value is -2.43. The van der Waals surface area contributed by atoms with Gasteiger partial charge >= 0.3 is 0 Å². The van der Waals surface area contributed by atoms with Crippen molar-refractivity contribution in [3.05, 3.63) is 6.33 Å². The van der Waals surface area contributed by atoms with Crippen LogP contribution in [0.1, 0.15) is 0 Å². The average molecular weight is 295 g/mol. The second kappa shape index (κ2) is 6.14. The van der Waals surface area contributed by atoms with Crippen LogP contribution in [-0.4, -0.2) is 55.5 Å². The van der Waals surface area contributed by atoms with Crippen molar-refractivity contribution in [2.75, 3.05) is 30.5 Å². The first kappa shape index (κ1) is 14.0. The number of thioether (sulfide) groups is 1. The lowest BCUT2D eigenvalue weighted by Gasteiger charge is -2.05. The number of hydrogen-bond donors (Lipinski definition) is 3. The molecule has 20 heavy (non-hydrogen) atoms. The predicted octanol–water partition coefficient (Wildman–Crippen LogP) is -0.887. The van der Waals surface area contributed by atoms with Crippen molar-refractivity contribution in [3.63, 3.8) is 0 Å². The number of carbonyl (C=O) groups excluding carboxylic acids is 1. The van der Waals surface area contributed by atoms with Gasteiger partial charge in [-0.1, -0.05) is 11.8 Å². The highest BCUT2D eigenvalue weighted by molar-refractivity contribution is 7.99. The van der Waals surface area contributed by atoms with Crippen molar-refractivity contribution in [2.45, 2.75) is 5.16 Å². The monoisotopic (exact) mass is 295 g/mol. The zero-order chi connectivity index (χ0) is 14.5. The average Bonchev–Trinajstić information content (AvgIpc) is 2.93. The number of nitrogens with one attached hydrogen (secondary N) is 2. The molecular weight excluding hydrogens is 282 g/mol. The van der Waals surface area contributed by atoms with E-state index in [0.717, 1.165) is 11.8 Å². The van der Waals surface area contributed by atoms with Gasteiger partial charge < -0.3 is 16.4 Å². The number of hydrogen-bond acceptors (Lipinski definition) is 9. The Kier molecular flexibility index (Phi) is 4.30. The molecule has 11 heteroatoms. The Morgan fingerprint density at radius 3 is 2.50 bits per heavy atom. The number of aromatic nitrogens is 6. The molecule has 2 heterocycles. The van der Waals surface area contributed by atoms with Gasteiger partial charge in [-0.3, -0.25) is 4.79 Å². The highest BCUT2D eigenvalue weighted by Crippen LogP contribution is 2.13. The molecule has 0 saturated carbocycles. The van der Waals surface area contributed by atoms with Gasteiger partial charge in [-0.05, 0) is 0 Å². The van der Waals surface area contributed by atoms with Crippen LogP contribution in [0.2, 0.25) is 0 Å². The fourth-order valence-corrected chi connectivity index (χ4v) is 1.78. The number of anilines is 2. The molecule has 10 nitrogen and oxygen atoms in total. The second-order valence-electron chi connectivity index (χ2n) is 3.51. The first-order chi connectivity index (χ1) is 9.62. The summed E-state index contributed by atoms with van der Waals surface area (Å²) >= 11 is 1.14. The minimum atomic E-state index is -0.429. The predicted molar refractivity (Wildman–Crippen MR) is 73.8 cm³/mol. The van der Waals surface area contributed by atoms with E-state index < -0.39 is 5.91 Å². The van der Waals surface area contributed by atoms with Gasteiger partial charge in [0.25, 0.3) is 5.95 Å². The van der Waals surface area contributed by atoms with Crippen LogP contribution < -0.4 is 16.4 Å². The van der Waals surface area contributed by atoms with Gasteiger partial charge in [0.1, 0.15) is 6.33 Å². The van der Waals surface area contributed by atoms with Crippen LogP contribution in [-0.2, 0) is 4.79 Å². The Morgan fingerprint density at radius 1 is 1.30 bits per heavy atom. The third-order valence-electron chi connectivity index (χ3n) is 2.09. The van der Waals surface area contributed by atoms with Crippen LogP contribution in [0.15, 0.2) is 11.5 Å². The molecule has 0 aromatic carbocycles. The normalized spacial score (nSPS) is 10.3. The molecule has 0 aliphatic carbocycles. The minimum Gasteiger partial charge on any atom is -0.369 e. The highest BCUT2D eigenvalue weighted by atomic mass is 32.2. The smallest absolute Gasteiger partial charge is 0.258 e. The van der Waals surface area contributed by atoms with Crippen LogP contribution in [0, 0.1) is 0 Å². The largest absolute Gasteiger partial charge is 0.369 e.